The monoisotopic (exact) mass is 549 g/mol. The van der Waals surface area contributed by atoms with Crippen LogP contribution in [-0.4, -0.2) is 79.6 Å². The minimum Gasteiger partial charge on any atom is -0.378 e. The quantitative estimate of drug-likeness (QED) is 0.339. The molecule has 0 atom stereocenters. The minimum absolute atomic E-state index is 0.0304. The summed E-state index contributed by atoms with van der Waals surface area (Å²) in [6.07, 6.45) is 5.31. The van der Waals surface area contributed by atoms with Gasteiger partial charge in [-0.2, -0.15) is 5.10 Å². The second-order valence-corrected chi connectivity index (χ2v) is 19.0. The van der Waals surface area contributed by atoms with Crippen LogP contribution in [0.2, 0.25) is 25.7 Å². The number of anilines is 1. The molecule has 2 aliphatic heterocycles. The van der Waals surface area contributed by atoms with Crippen LogP contribution in [0.15, 0.2) is 18.3 Å². The minimum atomic E-state index is -1.11. The Morgan fingerprint density at radius 2 is 1.97 bits per heavy atom. The lowest BCUT2D eigenvalue weighted by Gasteiger charge is -2.30. The van der Waals surface area contributed by atoms with Crippen molar-refractivity contribution in [3.05, 3.63) is 35.0 Å². The summed E-state index contributed by atoms with van der Waals surface area (Å²) >= 11 is 0. The summed E-state index contributed by atoms with van der Waals surface area (Å²) in [6.45, 7) is 16.9. The van der Waals surface area contributed by atoms with Crippen LogP contribution < -0.4 is 4.90 Å². The lowest BCUT2D eigenvalue weighted by Crippen LogP contribution is -2.46. The number of carbonyl (C=O) groups excluding carboxylic acids is 1. The summed E-state index contributed by atoms with van der Waals surface area (Å²) in [6, 6.07) is 5.83. The molecule has 0 spiro atoms. The predicted molar refractivity (Wildman–Crippen MR) is 158 cm³/mol. The van der Waals surface area contributed by atoms with E-state index in [9.17, 15) is 4.79 Å². The van der Waals surface area contributed by atoms with Gasteiger partial charge in [-0.05, 0) is 54.1 Å². The topological polar surface area (TPSA) is 75.6 Å². The van der Waals surface area contributed by atoms with Gasteiger partial charge in [-0.15, -0.1) is 0 Å². The first kappa shape index (κ1) is 26.6. The third kappa shape index (κ3) is 5.28. The van der Waals surface area contributed by atoms with Crippen molar-refractivity contribution in [2.75, 3.05) is 50.9 Å². The zero-order valence-corrected chi connectivity index (χ0v) is 25.2. The molecule has 4 heterocycles. The van der Waals surface area contributed by atoms with Crippen LogP contribution in [0.3, 0.4) is 0 Å². The number of aromatic amines is 1. The molecule has 3 aromatic rings. The Kier molecular flexibility index (Phi) is 6.88. The molecular weight excluding hydrogens is 506 g/mol. The molecule has 3 aliphatic rings. The number of nitrogens with one attached hydrogen (secondary N) is 1. The summed E-state index contributed by atoms with van der Waals surface area (Å²) in [5.74, 6) is 0.192. The Labute approximate surface area is 232 Å². The average molecular weight is 550 g/mol. The second kappa shape index (κ2) is 10.1. The van der Waals surface area contributed by atoms with Gasteiger partial charge in [-0.25, -0.2) is 4.68 Å². The molecule has 210 valence electrons. The molecule has 1 aliphatic carbocycles. The van der Waals surface area contributed by atoms with Crippen molar-refractivity contribution in [2.24, 2.45) is 0 Å². The number of nitrogens with zero attached hydrogens (tertiary/aromatic N) is 4. The molecule has 1 fully saturated rings. The number of aromatic nitrogens is 3. The molecular formula is C30H43N5O3Si. The molecule has 0 bridgehead atoms. The normalized spacial score (nSPS) is 18.7. The lowest BCUT2D eigenvalue weighted by atomic mass is 9.86. The third-order valence-corrected chi connectivity index (χ3v) is 10.2. The molecule has 0 saturated carbocycles. The van der Waals surface area contributed by atoms with E-state index in [0.29, 0.717) is 39.6 Å². The van der Waals surface area contributed by atoms with E-state index in [0.717, 1.165) is 49.8 Å². The molecule has 0 unspecified atom stereocenters. The number of carbonyl (C=O) groups is 1. The van der Waals surface area contributed by atoms with E-state index in [1.165, 1.54) is 33.3 Å². The number of aryl methyl sites for hydroxylation is 2. The third-order valence-electron chi connectivity index (χ3n) is 8.54. The summed E-state index contributed by atoms with van der Waals surface area (Å²) < 4.78 is 13.4. The highest BCUT2D eigenvalue weighted by atomic mass is 28.3. The second-order valence-electron chi connectivity index (χ2n) is 13.4. The lowest BCUT2D eigenvalue weighted by molar-refractivity contribution is -0.133. The van der Waals surface area contributed by atoms with Crippen molar-refractivity contribution in [3.8, 4) is 11.4 Å². The van der Waals surface area contributed by atoms with Gasteiger partial charge in [0, 0.05) is 62.5 Å². The number of fused-ring (bicyclic) bond motifs is 6. The van der Waals surface area contributed by atoms with Gasteiger partial charge < -0.3 is 24.3 Å². The number of rotatable bonds is 7. The molecule has 9 heteroatoms. The summed E-state index contributed by atoms with van der Waals surface area (Å²) in [7, 11) is -1.11. The number of amides is 1. The van der Waals surface area contributed by atoms with Crippen molar-refractivity contribution in [1.82, 2.24) is 19.7 Å². The van der Waals surface area contributed by atoms with E-state index in [-0.39, 0.29) is 11.3 Å². The molecule has 39 heavy (non-hydrogen) atoms. The van der Waals surface area contributed by atoms with Gasteiger partial charge in [0.15, 0.2) is 0 Å². The SMILES string of the molecule is CC1(C)CN(CC(=O)N2CCOCC2)c2cc3c4c([nH]c3cc21)-c1nn(COCC[Si](C)(C)C)cc1CCC4. The molecule has 2 aromatic heterocycles. The smallest absolute Gasteiger partial charge is 0.242 e. The van der Waals surface area contributed by atoms with Crippen molar-refractivity contribution in [2.45, 2.75) is 70.9 Å². The Hall–Kier alpha value is -2.62. The maximum atomic E-state index is 13.2. The van der Waals surface area contributed by atoms with E-state index in [1.54, 1.807) is 0 Å². The van der Waals surface area contributed by atoms with Gasteiger partial charge in [-0.3, -0.25) is 4.79 Å². The number of morpholine rings is 1. The van der Waals surface area contributed by atoms with Crippen molar-refractivity contribution >= 4 is 30.6 Å². The van der Waals surface area contributed by atoms with Gasteiger partial charge in [0.2, 0.25) is 5.91 Å². The molecule has 1 saturated heterocycles. The van der Waals surface area contributed by atoms with Crippen LogP contribution >= 0.6 is 0 Å². The van der Waals surface area contributed by atoms with Crippen molar-refractivity contribution < 1.29 is 14.3 Å². The molecule has 0 radical (unpaired) electrons. The van der Waals surface area contributed by atoms with Gasteiger partial charge >= 0.3 is 0 Å². The summed E-state index contributed by atoms with van der Waals surface area (Å²) in [4.78, 5) is 21.2. The maximum absolute atomic E-state index is 13.2. The van der Waals surface area contributed by atoms with Gasteiger partial charge in [0.1, 0.15) is 12.4 Å². The Balaban J connectivity index is 1.29. The van der Waals surface area contributed by atoms with Crippen molar-refractivity contribution in [3.63, 3.8) is 0 Å². The van der Waals surface area contributed by atoms with Crippen LogP contribution in [0.1, 0.15) is 37.0 Å². The molecule has 1 N–H and O–H groups in total. The van der Waals surface area contributed by atoms with Crippen molar-refractivity contribution in [1.29, 1.82) is 0 Å². The molecule has 1 aromatic carbocycles. The zero-order chi connectivity index (χ0) is 27.4. The highest BCUT2D eigenvalue weighted by molar-refractivity contribution is 6.76. The number of hydrogen-bond donors (Lipinski definition) is 1. The number of benzene rings is 1. The van der Waals surface area contributed by atoms with E-state index >= 15 is 0 Å². The van der Waals surface area contributed by atoms with E-state index in [1.807, 2.05) is 9.58 Å². The highest BCUT2D eigenvalue weighted by Crippen LogP contribution is 2.45. The summed E-state index contributed by atoms with van der Waals surface area (Å²) in [5, 5.41) is 6.26. The highest BCUT2D eigenvalue weighted by Gasteiger charge is 2.37. The molecule has 6 rings (SSSR count). The van der Waals surface area contributed by atoms with E-state index in [4.69, 9.17) is 14.6 Å². The number of ether oxygens (including phenoxy) is 2. The van der Waals surface area contributed by atoms with Gasteiger partial charge in [0.25, 0.3) is 0 Å². The largest absolute Gasteiger partial charge is 0.378 e. The van der Waals surface area contributed by atoms with E-state index < -0.39 is 8.07 Å². The number of hydrogen-bond acceptors (Lipinski definition) is 5. The predicted octanol–water partition coefficient (Wildman–Crippen LogP) is 4.79. The van der Waals surface area contributed by atoms with Crippen LogP contribution in [0.25, 0.3) is 22.3 Å². The maximum Gasteiger partial charge on any atom is 0.242 e. The Morgan fingerprint density at radius 3 is 2.74 bits per heavy atom. The Morgan fingerprint density at radius 1 is 1.18 bits per heavy atom. The van der Waals surface area contributed by atoms with Crippen LogP contribution in [0.5, 0.6) is 0 Å². The average Bonchev–Trinajstić information content (AvgIpc) is 3.49. The van der Waals surface area contributed by atoms with Crippen LogP contribution in [-0.2, 0) is 39.3 Å². The standard InChI is InChI=1S/C30H43N5O3Si/c1-30(2)19-34(18-27(36)33-9-11-37-12-10-33)26-15-23-22-8-6-7-21-17-35(20-38-13-14-39(3,4)5)32-28(21)29(22)31-25(23)16-24(26)30/h15-17,31H,6-14,18-20H2,1-5H3. The Bertz CT molecular complexity index is 1380. The van der Waals surface area contributed by atoms with Gasteiger partial charge in [0.05, 0.1) is 25.5 Å². The molecule has 8 nitrogen and oxygen atoms in total. The number of H-pyrrole nitrogens is 1. The van der Waals surface area contributed by atoms with Gasteiger partial charge in [-0.1, -0.05) is 33.5 Å². The van der Waals surface area contributed by atoms with Crippen LogP contribution in [0.4, 0.5) is 5.69 Å². The fraction of sp³-hybridized carbons (Fsp3) is 0.600. The first-order valence-corrected chi connectivity index (χ1v) is 18.2. The fourth-order valence-electron chi connectivity index (χ4n) is 6.33. The molecule has 1 amide bonds. The fourth-order valence-corrected chi connectivity index (χ4v) is 7.09. The van der Waals surface area contributed by atoms with Crippen LogP contribution in [0, 0.1) is 0 Å². The zero-order valence-electron chi connectivity index (χ0n) is 24.2. The van der Waals surface area contributed by atoms with E-state index in [2.05, 4.69) is 61.7 Å². The summed E-state index contributed by atoms with van der Waals surface area (Å²) in [5.41, 5.74) is 8.49. The first-order valence-electron chi connectivity index (χ1n) is 14.5. The first-order chi connectivity index (χ1) is 18.6.